The Morgan fingerprint density at radius 3 is 2.57 bits per heavy atom. The van der Waals surface area contributed by atoms with Gasteiger partial charge in [0.25, 0.3) is 0 Å². The number of aldehydes is 1. The van der Waals surface area contributed by atoms with Gasteiger partial charge in [0.1, 0.15) is 6.29 Å². The molecule has 0 radical (unpaired) electrons. The highest BCUT2D eigenvalue weighted by atomic mass is 16.1. The van der Waals surface area contributed by atoms with Gasteiger partial charge in [0, 0.05) is 6.42 Å². The zero-order valence-corrected chi connectivity index (χ0v) is 4.52. The molecule has 0 saturated heterocycles. The summed E-state index contributed by atoms with van der Waals surface area (Å²) in [5.74, 6) is 0. The van der Waals surface area contributed by atoms with E-state index in [0.29, 0.717) is 6.42 Å². The standard InChI is InChI=1S/C5H11NO/c6-4-2-1-3-5-7/h5H,1-4,6H2/p+1. The van der Waals surface area contributed by atoms with Gasteiger partial charge in [-0.25, -0.2) is 0 Å². The topological polar surface area (TPSA) is 44.7 Å². The van der Waals surface area contributed by atoms with E-state index < -0.39 is 0 Å². The third-order valence-electron chi connectivity index (χ3n) is 0.822. The molecule has 0 aliphatic rings. The van der Waals surface area contributed by atoms with Crippen molar-refractivity contribution in [3.05, 3.63) is 0 Å². The lowest BCUT2D eigenvalue weighted by atomic mass is 10.2. The molecule has 7 heavy (non-hydrogen) atoms. The molecule has 2 nitrogen and oxygen atoms in total. The Hall–Kier alpha value is -0.370. The predicted octanol–water partition coefficient (Wildman–Crippen LogP) is -0.403. The largest absolute Gasteiger partial charge is 0.358 e. The van der Waals surface area contributed by atoms with Crippen LogP contribution in [0.15, 0.2) is 0 Å². The van der Waals surface area contributed by atoms with E-state index >= 15 is 0 Å². The van der Waals surface area contributed by atoms with Crippen LogP contribution in [0.2, 0.25) is 0 Å². The molecule has 0 unspecified atom stereocenters. The second kappa shape index (κ2) is 5.63. The molecule has 0 aromatic carbocycles. The fourth-order valence-electron chi connectivity index (χ4n) is 0.404. The second-order valence-corrected chi connectivity index (χ2v) is 1.52. The van der Waals surface area contributed by atoms with Gasteiger partial charge >= 0.3 is 0 Å². The van der Waals surface area contributed by atoms with Gasteiger partial charge in [-0.1, -0.05) is 0 Å². The zero-order valence-electron chi connectivity index (χ0n) is 4.52. The maximum atomic E-state index is 9.66. The lowest BCUT2D eigenvalue weighted by Gasteiger charge is -1.84. The van der Waals surface area contributed by atoms with Crippen molar-refractivity contribution in [1.82, 2.24) is 0 Å². The average Bonchev–Trinajstić information content (AvgIpc) is 1.69. The first-order valence-corrected chi connectivity index (χ1v) is 2.64. The van der Waals surface area contributed by atoms with E-state index in [1.807, 2.05) is 0 Å². The molecule has 0 aromatic rings. The van der Waals surface area contributed by atoms with E-state index in [0.717, 1.165) is 25.7 Å². The van der Waals surface area contributed by atoms with Crippen LogP contribution in [0.4, 0.5) is 0 Å². The fraction of sp³-hybridized carbons (Fsp3) is 0.800. The molecule has 0 fully saturated rings. The molecule has 0 spiro atoms. The van der Waals surface area contributed by atoms with Crippen LogP contribution in [0, 0.1) is 0 Å². The minimum Gasteiger partial charge on any atom is -0.358 e. The number of hydrogen-bond acceptors (Lipinski definition) is 1. The van der Waals surface area contributed by atoms with Crippen LogP contribution in [0.3, 0.4) is 0 Å². The third-order valence-corrected chi connectivity index (χ3v) is 0.822. The van der Waals surface area contributed by atoms with Gasteiger partial charge < -0.3 is 10.5 Å². The Labute approximate surface area is 43.7 Å². The molecule has 0 aromatic heterocycles. The van der Waals surface area contributed by atoms with Gasteiger partial charge in [0.2, 0.25) is 0 Å². The SMILES string of the molecule is [NH3+]CCCCC=O. The summed E-state index contributed by atoms with van der Waals surface area (Å²) in [6.45, 7) is 0.952. The molecule has 2 heteroatoms. The summed E-state index contributed by atoms with van der Waals surface area (Å²) in [4.78, 5) is 9.66. The Morgan fingerprint density at radius 1 is 1.43 bits per heavy atom. The van der Waals surface area contributed by atoms with Crippen molar-refractivity contribution in [2.45, 2.75) is 19.3 Å². The predicted molar refractivity (Wildman–Crippen MR) is 27.7 cm³/mol. The molecule has 0 atom stereocenters. The zero-order chi connectivity index (χ0) is 5.54. The minimum absolute atomic E-state index is 0.704. The van der Waals surface area contributed by atoms with Gasteiger partial charge in [-0.15, -0.1) is 0 Å². The van der Waals surface area contributed by atoms with Gasteiger partial charge in [-0.3, -0.25) is 0 Å². The van der Waals surface area contributed by atoms with E-state index in [1.54, 1.807) is 0 Å². The van der Waals surface area contributed by atoms with Crippen LogP contribution in [0.5, 0.6) is 0 Å². The summed E-state index contributed by atoms with van der Waals surface area (Å²) in [6.07, 6.45) is 3.75. The normalized spacial score (nSPS) is 8.71. The van der Waals surface area contributed by atoms with Crippen molar-refractivity contribution in [1.29, 1.82) is 0 Å². The minimum atomic E-state index is 0.704. The van der Waals surface area contributed by atoms with Gasteiger partial charge in [-0.2, -0.15) is 0 Å². The first kappa shape index (κ1) is 6.63. The molecule has 3 N–H and O–H groups in total. The van der Waals surface area contributed by atoms with E-state index in [4.69, 9.17) is 0 Å². The van der Waals surface area contributed by atoms with E-state index in [9.17, 15) is 4.79 Å². The van der Waals surface area contributed by atoms with E-state index in [-0.39, 0.29) is 0 Å². The monoisotopic (exact) mass is 102 g/mol. The van der Waals surface area contributed by atoms with Crippen LogP contribution in [-0.2, 0) is 4.79 Å². The van der Waals surface area contributed by atoms with Crippen molar-refractivity contribution < 1.29 is 10.5 Å². The molecule has 0 aliphatic carbocycles. The number of quaternary nitrogens is 1. The molecular weight excluding hydrogens is 90.1 g/mol. The Kier molecular flexibility index (Phi) is 5.33. The van der Waals surface area contributed by atoms with Crippen molar-refractivity contribution >= 4 is 6.29 Å². The van der Waals surface area contributed by atoms with Crippen molar-refractivity contribution in [2.24, 2.45) is 0 Å². The van der Waals surface area contributed by atoms with Gasteiger partial charge in [-0.05, 0) is 12.8 Å². The summed E-state index contributed by atoms with van der Waals surface area (Å²) in [7, 11) is 0. The highest BCUT2D eigenvalue weighted by molar-refractivity contribution is 5.48. The first-order chi connectivity index (χ1) is 3.41. The number of unbranched alkanes of at least 4 members (excludes halogenated alkanes) is 2. The molecule has 0 saturated carbocycles. The lowest BCUT2D eigenvalue weighted by molar-refractivity contribution is -0.368. The summed E-state index contributed by atoms with van der Waals surface area (Å²) >= 11 is 0. The van der Waals surface area contributed by atoms with E-state index in [2.05, 4.69) is 5.73 Å². The fourth-order valence-corrected chi connectivity index (χ4v) is 0.404. The third kappa shape index (κ3) is 5.63. The highest BCUT2D eigenvalue weighted by Gasteiger charge is 1.82. The Bertz CT molecular complexity index is 45.3. The maximum absolute atomic E-state index is 9.66. The molecule has 0 rings (SSSR count). The first-order valence-electron chi connectivity index (χ1n) is 2.64. The van der Waals surface area contributed by atoms with Gasteiger partial charge in [0.05, 0.1) is 6.54 Å². The summed E-state index contributed by atoms with van der Waals surface area (Å²) in [5.41, 5.74) is 3.64. The molecule has 0 bridgehead atoms. The van der Waals surface area contributed by atoms with Crippen molar-refractivity contribution in [2.75, 3.05) is 6.54 Å². The summed E-state index contributed by atoms with van der Waals surface area (Å²) < 4.78 is 0. The molecule has 42 valence electrons. The summed E-state index contributed by atoms with van der Waals surface area (Å²) in [6, 6.07) is 0. The molecule has 0 aliphatic heterocycles. The van der Waals surface area contributed by atoms with E-state index in [1.165, 1.54) is 0 Å². The van der Waals surface area contributed by atoms with Crippen LogP contribution < -0.4 is 5.73 Å². The average molecular weight is 102 g/mol. The van der Waals surface area contributed by atoms with Crippen LogP contribution >= 0.6 is 0 Å². The number of rotatable bonds is 4. The Balaban J connectivity index is 2.56. The quantitative estimate of drug-likeness (QED) is 0.381. The van der Waals surface area contributed by atoms with Crippen LogP contribution in [0.1, 0.15) is 19.3 Å². The number of carbonyl (C=O) groups is 1. The smallest absolute Gasteiger partial charge is 0.119 e. The van der Waals surface area contributed by atoms with Crippen molar-refractivity contribution in [3.63, 3.8) is 0 Å². The summed E-state index contributed by atoms with van der Waals surface area (Å²) in [5, 5.41) is 0. The maximum Gasteiger partial charge on any atom is 0.119 e. The second-order valence-electron chi connectivity index (χ2n) is 1.52. The molecule has 0 heterocycles. The van der Waals surface area contributed by atoms with Crippen LogP contribution in [0.25, 0.3) is 0 Å². The molecule has 0 amide bonds. The Morgan fingerprint density at radius 2 is 2.14 bits per heavy atom. The number of hydrogen-bond donors (Lipinski definition) is 1. The van der Waals surface area contributed by atoms with Crippen LogP contribution in [-0.4, -0.2) is 12.8 Å². The van der Waals surface area contributed by atoms with Crippen molar-refractivity contribution in [3.8, 4) is 0 Å². The lowest BCUT2D eigenvalue weighted by Crippen LogP contribution is -2.50. The number of carbonyl (C=O) groups excluding carboxylic acids is 1. The van der Waals surface area contributed by atoms with Gasteiger partial charge in [0.15, 0.2) is 0 Å². The highest BCUT2D eigenvalue weighted by Crippen LogP contribution is 1.86. The molecular formula is C5H12NO+.